The Labute approximate surface area is 223 Å². The molecule has 37 heavy (non-hydrogen) atoms. The van der Waals surface area contributed by atoms with Crippen LogP contribution in [0.1, 0.15) is 31.0 Å². The number of carbonyl (C=O) groups excluding carboxylic acids is 2. The van der Waals surface area contributed by atoms with Gasteiger partial charge in [-0.2, -0.15) is 5.26 Å². The first-order valence-corrected chi connectivity index (χ1v) is 12.2. The number of nitrogens with one attached hydrogen (secondary N) is 2. The van der Waals surface area contributed by atoms with E-state index < -0.39 is 17.6 Å². The number of nitrogens with zero attached hydrogens (tertiary/aromatic N) is 1. The lowest BCUT2D eigenvalue weighted by molar-refractivity contribution is -0.118. The van der Waals surface area contributed by atoms with Crippen molar-refractivity contribution < 1.29 is 23.5 Å². The van der Waals surface area contributed by atoms with Crippen LogP contribution in [0.15, 0.2) is 76.8 Å². The number of benzene rings is 3. The highest BCUT2D eigenvalue weighted by atomic mass is 79.9. The molecule has 0 unspecified atom stereocenters. The summed E-state index contributed by atoms with van der Waals surface area (Å²) in [5.41, 5.74) is 1.78. The second-order valence-corrected chi connectivity index (χ2v) is 8.73. The molecule has 1 atom stereocenters. The van der Waals surface area contributed by atoms with Crippen molar-refractivity contribution in [3.8, 4) is 17.6 Å². The maximum absolute atomic E-state index is 13.1. The standard InChI is InChI=1S/C28H25BrFN3O4/c1-3-36-25-14-20(13-21(16-31)28(35)32-18(2)19-7-5-4-6-8-19)24(29)15-26(25)37-17-27(34)33-23-11-9-22(30)10-12-23/h4-15,18H,3,17H2,1-2H3,(H,32,35)(H,33,34)/b21-13-/t18-/m1/s1. The van der Waals surface area contributed by atoms with Gasteiger partial charge < -0.3 is 20.1 Å². The molecular weight excluding hydrogens is 541 g/mol. The summed E-state index contributed by atoms with van der Waals surface area (Å²) >= 11 is 3.44. The smallest absolute Gasteiger partial charge is 0.262 e. The fraction of sp³-hybridized carbons (Fsp3) is 0.179. The molecule has 0 fully saturated rings. The molecule has 3 aromatic carbocycles. The predicted molar refractivity (Wildman–Crippen MR) is 142 cm³/mol. The van der Waals surface area contributed by atoms with Crippen molar-refractivity contribution >= 4 is 39.5 Å². The number of rotatable bonds is 10. The van der Waals surface area contributed by atoms with E-state index in [4.69, 9.17) is 9.47 Å². The van der Waals surface area contributed by atoms with Crippen LogP contribution in [0.4, 0.5) is 10.1 Å². The second kappa shape index (κ2) is 13.2. The van der Waals surface area contributed by atoms with Gasteiger partial charge in [-0.15, -0.1) is 0 Å². The monoisotopic (exact) mass is 565 g/mol. The van der Waals surface area contributed by atoms with Crippen LogP contribution in [-0.2, 0) is 9.59 Å². The number of nitriles is 1. The van der Waals surface area contributed by atoms with E-state index in [2.05, 4.69) is 26.6 Å². The molecule has 190 valence electrons. The van der Waals surface area contributed by atoms with Crippen LogP contribution in [0, 0.1) is 17.1 Å². The molecule has 0 saturated carbocycles. The van der Waals surface area contributed by atoms with Crippen molar-refractivity contribution in [2.45, 2.75) is 19.9 Å². The van der Waals surface area contributed by atoms with Crippen LogP contribution >= 0.6 is 15.9 Å². The number of hydrogen-bond acceptors (Lipinski definition) is 5. The van der Waals surface area contributed by atoms with Crippen LogP contribution in [0.25, 0.3) is 6.08 Å². The average Bonchev–Trinajstić information content (AvgIpc) is 2.89. The molecule has 2 N–H and O–H groups in total. The van der Waals surface area contributed by atoms with Gasteiger partial charge in [0.15, 0.2) is 18.1 Å². The highest BCUT2D eigenvalue weighted by Gasteiger charge is 2.17. The molecule has 0 aliphatic heterocycles. The molecule has 0 spiro atoms. The summed E-state index contributed by atoms with van der Waals surface area (Å²) in [6.07, 6.45) is 1.45. The summed E-state index contributed by atoms with van der Waals surface area (Å²) in [5, 5.41) is 15.1. The number of hydrogen-bond donors (Lipinski definition) is 2. The number of anilines is 1. The largest absolute Gasteiger partial charge is 0.490 e. The lowest BCUT2D eigenvalue weighted by atomic mass is 10.1. The third-order valence-corrected chi connectivity index (χ3v) is 5.85. The van der Waals surface area contributed by atoms with Crippen LogP contribution in [-0.4, -0.2) is 25.0 Å². The zero-order valence-electron chi connectivity index (χ0n) is 20.3. The predicted octanol–water partition coefficient (Wildman–Crippen LogP) is 5.79. The Morgan fingerprint density at radius 1 is 1.08 bits per heavy atom. The topological polar surface area (TPSA) is 100 Å². The number of halogens is 2. The molecule has 9 heteroatoms. The molecule has 0 aromatic heterocycles. The van der Waals surface area contributed by atoms with E-state index in [9.17, 15) is 19.2 Å². The van der Waals surface area contributed by atoms with Gasteiger partial charge in [-0.1, -0.05) is 46.3 Å². The Hall–Kier alpha value is -4.16. The van der Waals surface area contributed by atoms with Gasteiger partial charge in [-0.05, 0) is 67.4 Å². The molecule has 0 radical (unpaired) electrons. The minimum Gasteiger partial charge on any atom is -0.490 e. The number of ether oxygens (including phenoxy) is 2. The fourth-order valence-corrected chi connectivity index (χ4v) is 3.76. The van der Waals surface area contributed by atoms with E-state index in [1.165, 1.54) is 30.3 Å². The number of carbonyl (C=O) groups is 2. The fourth-order valence-electron chi connectivity index (χ4n) is 3.32. The minimum atomic E-state index is -0.512. The van der Waals surface area contributed by atoms with Gasteiger partial charge in [-0.3, -0.25) is 9.59 Å². The second-order valence-electron chi connectivity index (χ2n) is 7.87. The van der Waals surface area contributed by atoms with E-state index in [0.717, 1.165) is 5.56 Å². The van der Waals surface area contributed by atoms with Gasteiger partial charge in [0.2, 0.25) is 0 Å². The van der Waals surface area contributed by atoms with Crippen molar-refractivity contribution in [1.82, 2.24) is 5.32 Å². The molecule has 7 nitrogen and oxygen atoms in total. The van der Waals surface area contributed by atoms with Gasteiger partial charge in [0.25, 0.3) is 11.8 Å². The first kappa shape index (κ1) is 27.4. The van der Waals surface area contributed by atoms with Gasteiger partial charge in [0, 0.05) is 10.2 Å². The van der Waals surface area contributed by atoms with Crippen molar-refractivity contribution in [3.63, 3.8) is 0 Å². The van der Waals surface area contributed by atoms with Gasteiger partial charge in [0.1, 0.15) is 17.5 Å². The Morgan fingerprint density at radius 2 is 1.76 bits per heavy atom. The Kier molecular flexibility index (Phi) is 9.81. The molecule has 3 aromatic rings. The first-order chi connectivity index (χ1) is 17.8. The highest BCUT2D eigenvalue weighted by Crippen LogP contribution is 2.35. The Bertz CT molecular complexity index is 1320. The van der Waals surface area contributed by atoms with Crippen LogP contribution < -0.4 is 20.1 Å². The molecular formula is C28H25BrFN3O4. The van der Waals surface area contributed by atoms with Crippen molar-refractivity contribution in [2.75, 3.05) is 18.5 Å². The van der Waals surface area contributed by atoms with E-state index >= 15 is 0 Å². The van der Waals surface area contributed by atoms with Gasteiger partial charge >= 0.3 is 0 Å². The third kappa shape index (κ3) is 7.92. The Morgan fingerprint density at radius 3 is 2.41 bits per heavy atom. The van der Waals surface area contributed by atoms with E-state index in [0.29, 0.717) is 33.8 Å². The maximum atomic E-state index is 13.1. The molecule has 0 aliphatic carbocycles. The van der Waals surface area contributed by atoms with Crippen LogP contribution in [0.3, 0.4) is 0 Å². The summed E-state index contributed by atoms with van der Waals surface area (Å²) < 4.78 is 24.9. The summed E-state index contributed by atoms with van der Waals surface area (Å²) in [6, 6.07) is 19.7. The van der Waals surface area contributed by atoms with Crippen molar-refractivity contribution in [2.24, 2.45) is 0 Å². The van der Waals surface area contributed by atoms with Crippen LogP contribution in [0.5, 0.6) is 11.5 Å². The summed E-state index contributed by atoms with van der Waals surface area (Å²) in [7, 11) is 0. The molecule has 0 heterocycles. The third-order valence-electron chi connectivity index (χ3n) is 5.16. The van der Waals surface area contributed by atoms with E-state index in [1.807, 2.05) is 43.3 Å². The molecule has 0 saturated heterocycles. The summed E-state index contributed by atoms with van der Waals surface area (Å²) in [6.45, 7) is 3.64. The summed E-state index contributed by atoms with van der Waals surface area (Å²) in [4.78, 5) is 25.0. The molecule has 0 aliphatic rings. The van der Waals surface area contributed by atoms with Gasteiger partial charge in [0.05, 0.1) is 12.6 Å². The lowest BCUT2D eigenvalue weighted by Gasteiger charge is -2.15. The zero-order valence-corrected chi connectivity index (χ0v) is 21.8. The lowest BCUT2D eigenvalue weighted by Crippen LogP contribution is -2.27. The highest BCUT2D eigenvalue weighted by molar-refractivity contribution is 9.10. The average molecular weight is 566 g/mol. The quantitative estimate of drug-likeness (QED) is 0.239. The SMILES string of the molecule is CCOc1cc(/C=C(/C#N)C(=O)N[C@H](C)c2ccccc2)c(Br)cc1OCC(=O)Nc1ccc(F)cc1. The molecule has 2 amide bonds. The Balaban J connectivity index is 1.74. The minimum absolute atomic E-state index is 0.0849. The number of amides is 2. The van der Waals surface area contributed by atoms with Crippen LogP contribution in [0.2, 0.25) is 0 Å². The maximum Gasteiger partial charge on any atom is 0.262 e. The normalized spacial score (nSPS) is 11.7. The zero-order chi connectivity index (χ0) is 26.8. The molecule has 3 rings (SSSR count). The van der Waals surface area contributed by atoms with Gasteiger partial charge in [-0.25, -0.2) is 4.39 Å². The van der Waals surface area contributed by atoms with E-state index in [1.54, 1.807) is 19.1 Å². The van der Waals surface area contributed by atoms with Crippen molar-refractivity contribution in [3.05, 3.63) is 93.7 Å². The molecule has 0 bridgehead atoms. The van der Waals surface area contributed by atoms with E-state index in [-0.39, 0.29) is 18.2 Å². The summed E-state index contributed by atoms with van der Waals surface area (Å²) in [5.74, 6) is -0.730. The first-order valence-electron chi connectivity index (χ1n) is 11.4. The van der Waals surface area contributed by atoms with Crippen molar-refractivity contribution in [1.29, 1.82) is 5.26 Å².